The van der Waals surface area contributed by atoms with Crippen LogP contribution in [0.15, 0.2) is 22.7 Å². The van der Waals surface area contributed by atoms with E-state index in [1.54, 1.807) is 12.3 Å². The largest absolute Gasteiger partial charge is 0.453 e. The van der Waals surface area contributed by atoms with Crippen LogP contribution >= 0.6 is 0 Å². The van der Waals surface area contributed by atoms with Crippen molar-refractivity contribution in [2.24, 2.45) is 0 Å². The van der Waals surface area contributed by atoms with Crippen molar-refractivity contribution in [3.05, 3.63) is 41.1 Å². The van der Waals surface area contributed by atoms with Crippen LogP contribution in [0, 0.1) is 6.92 Å². The van der Waals surface area contributed by atoms with Crippen molar-refractivity contribution >= 4 is 5.91 Å². The Labute approximate surface area is 122 Å². The van der Waals surface area contributed by atoms with E-state index in [4.69, 9.17) is 9.52 Å². The molecule has 1 atom stereocenters. The molecule has 6 nitrogen and oxygen atoms in total. The monoisotopic (exact) mass is 289 g/mol. The Bertz CT molecular complexity index is 618. The van der Waals surface area contributed by atoms with Gasteiger partial charge < -0.3 is 14.4 Å². The highest BCUT2D eigenvalue weighted by atomic mass is 16.4. The van der Waals surface area contributed by atoms with Crippen molar-refractivity contribution in [2.75, 3.05) is 13.1 Å². The molecule has 1 unspecified atom stereocenters. The third-order valence-electron chi connectivity index (χ3n) is 3.99. The van der Waals surface area contributed by atoms with E-state index in [-0.39, 0.29) is 18.4 Å². The van der Waals surface area contributed by atoms with Gasteiger partial charge in [0.05, 0.1) is 0 Å². The lowest BCUT2D eigenvalue weighted by atomic mass is 9.94. The fourth-order valence-electron chi connectivity index (χ4n) is 2.89. The van der Waals surface area contributed by atoms with Crippen LogP contribution < -0.4 is 0 Å². The van der Waals surface area contributed by atoms with Gasteiger partial charge in [0, 0.05) is 36.5 Å². The molecule has 6 heteroatoms. The summed E-state index contributed by atoms with van der Waals surface area (Å²) in [5, 5.41) is 16.1. The van der Waals surface area contributed by atoms with Gasteiger partial charge in [-0.3, -0.25) is 9.89 Å². The first kappa shape index (κ1) is 13.9. The lowest BCUT2D eigenvalue weighted by molar-refractivity contribution is 0.0668. The van der Waals surface area contributed by atoms with Gasteiger partial charge in [0.1, 0.15) is 12.4 Å². The number of rotatable bonds is 3. The quantitative estimate of drug-likeness (QED) is 0.903. The van der Waals surface area contributed by atoms with Gasteiger partial charge in [-0.25, -0.2) is 0 Å². The number of carbonyl (C=O) groups is 1. The number of hydrogen-bond donors (Lipinski definition) is 2. The van der Waals surface area contributed by atoms with Crippen molar-refractivity contribution < 1.29 is 14.3 Å². The summed E-state index contributed by atoms with van der Waals surface area (Å²) in [5.74, 6) is 0.955. The van der Waals surface area contributed by atoms with Gasteiger partial charge in [-0.05, 0) is 31.9 Å². The number of aliphatic hydroxyl groups excluding tert-OH is 1. The molecule has 1 amide bonds. The molecule has 1 saturated heterocycles. The van der Waals surface area contributed by atoms with Gasteiger partial charge in [-0.1, -0.05) is 0 Å². The number of likely N-dealkylation sites (tertiary alicyclic amines) is 1. The second kappa shape index (κ2) is 5.73. The van der Waals surface area contributed by atoms with Gasteiger partial charge in [0.2, 0.25) is 0 Å². The predicted octanol–water partition coefficient (Wildman–Crippen LogP) is 1.82. The maximum absolute atomic E-state index is 12.6. The molecule has 1 fully saturated rings. The number of nitrogens with one attached hydrogen (secondary N) is 1. The Balaban J connectivity index is 1.76. The zero-order valence-electron chi connectivity index (χ0n) is 12.0. The zero-order chi connectivity index (χ0) is 14.8. The van der Waals surface area contributed by atoms with Crippen LogP contribution in [-0.2, 0) is 6.61 Å². The topological polar surface area (TPSA) is 82.4 Å². The maximum atomic E-state index is 12.6. The standard InChI is InChI=1S/C15H19N3O3/c1-10-7-12(9-19)21-14(10)15(20)18-6-2-3-11(8-18)13-4-5-16-17-13/h4-5,7,11,19H,2-3,6,8-9H2,1H3,(H,16,17). The summed E-state index contributed by atoms with van der Waals surface area (Å²) in [7, 11) is 0. The van der Waals surface area contributed by atoms with Crippen LogP contribution in [0.5, 0.6) is 0 Å². The van der Waals surface area contributed by atoms with Gasteiger partial charge in [0.15, 0.2) is 5.76 Å². The summed E-state index contributed by atoms with van der Waals surface area (Å²) in [5.41, 5.74) is 1.84. The molecule has 112 valence electrons. The summed E-state index contributed by atoms with van der Waals surface area (Å²) < 4.78 is 5.44. The van der Waals surface area contributed by atoms with Crippen LogP contribution in [0.4, 0.5) is 0 Å². The van der Waals surface area contributed by atoms with Crippen LogP contribution in [-0.4, -0.2) is 39.2 Å². The van der Waals surface area contributed by atoms with E-state index in [9.17, 15) is 4.79 Å². The van der Waals surface area contributed by atoms with Crippen LogP contribution in [0.2, 0.25) is 0 Å². The summed E-state index contributed by atoms with van der Waals surface area (Å²) in [6.07, 6.45) is 3.74. The molecular formula is C15H19N3O3. The van der Waals surface area contributed by atoms with E-state index >= 15 is 0 Å². The third kappa shape index (κ3) is 2.71. The minimum atomic E-state index is -0.190. The molecule has 3 rings (SSSR count). The van der Waals surface area contributed by atoms with Gasteiger partial charge in [-0.15, -0.1) is 0 Å². The molecule has 0 aliphatic carbocycles. The van der Waals surface area contributed by atoms with Gasteiger partial charge in [-0.2, -0.15) is 5.10 Å². The smallest absolute Gasteiger partial charge is 0.289 e. The number of H-pyrrole nitrogens is 1. The Morgan fingerprint density at radius 2 is 2.48 bits per heavy atom. The summed E-state index contributed by atoms with van der Waals surface area (Å²) in [4.78, 5) is 14.4. The number of aromatic amines is 1. The van der Waals surface area contributed by atoms with E-state index in [1.165, 1.54) is 0 Å². The van der Waals surface area contributed by atoms with Crippen LogP contribution in [0.1, 0.15) is 46.3 Å². The minimum Gasteiger partial charge on any atom is -0.453 e. The number of piperidine rings is 1. The summed E-state index contributed by atoms with van der Waals surface area (Å²) in [6.45, 7) is 3.03. The number of hydrogen-bond acceptors (Lipinski definition) is 4. The average molecular weight is 289 g/mol. The number of amides is 1. The minimum absolute atomic E-state index is 0.101. The lowest BCUT2D eigenvalue weighted by Crippen LogP contribution is -2.39. The fourth-order valence-corrected chi connectivity index (χ4v) is 2.89. The summed E-state index contributed by atoms with van der Waals surface area (Å²) in [6, 6.07) is 3.67. The predicted molar refractivity (Wildman–Crippen MR) is 75.8 cm³/mol. The highest BCUT2D eigenvalue weighted by Crippen LogP contribution is 2.27. The molecule has 0 aromatic carbocycles. The van der Waals surface area contributed by atoms with Crippen molar-refractivity contribution in [1.29, 1.82) is 0 Å². The van der Waals surface area contributed by atoms with E-state index in [1.807, 2.05) is 17.9 Å². The molecule has 0 spiro atoms. The second-order valence-electron chi connectivity index (χ2n) is 5.49. The number of aryl methyl sites for hydroxylation is 1. The highest BCUT2D eigenvalue weighted by Gasteiger charge is 2.28. The SMILES string of the molecule is Cc1cc(CO)oc1C(=O)N1CCCC(c2ccn[nH]2)C1. The first-order chi connectivity index (χ1) is 10.2. The molecule has 2 aromatic rings. The molecule has 3 heterocycles. The Hall–Kier alpha value is -2.08. The first-order valence-corrected chi connectivity index (χ1v) is 7.17. The normalized spacial score (nSPS) is 19.0. The van der Waals surface area contributed by atoms with Gasteiger partial charge in [0.25, 0.3) is 5.91 Å². The number of furan rings is 1. The van der Waals surface area contributed by atoms with E-state index < -0.39 is 0 Å². The van der Waals surface area contributed by atoms with Crippen LogP contribution in [0.25, 0.3) is 0 Å². The van der Waals surface area contributed by atoms with Crippen molar-refractivity contribution in [2.45, 2.75) is 32.3 Å². The molecule has 1 aliphatic rings. The molecular weight excluding hydrogens is 270 g/mol. The van der Waals surface area contributed by atoms with Crippen LogP contribution in [0.3, 0.4) is 0 Å². The molecule has 2 aromatic heterocycles. The highest BCUT2D eigenvalue weighted by molar-refractivity contribution is 5.93. The molecule has 0 saturated carbocycles. The second-order valence-corrected chi connectivity index (χ2v) is 5.49. The number of nitrogens with zero attached hydrogens (tertiary/aromatic N) is 2. The first-order valence-electron chi connectivity index (χ1n) is 7.17. The molecule has 1 aliphatic heterocycles. The molecule has 0 bridgehead atoms. The molecule has 2 N–H and O–H groups in total. The average Bonchev–Trinajstić information content (AvgIpc) is 3.16. The van der Waals surface area contributed by atoms with Gasteiger partial charge >= 0.3 is 0 Å². The molecule has 21 heavy (non-hydrogen) atoms. The maximum Gasteiger partial charge on any atom is 0.289 e. The number of carbonyl (C=O) groups excluding carboxylic acids is 1. The molecule has 0 radical (unpaired) electrons. The van der Waals surface area contributed by atoms with E-state index in [0.29, 0.717) is 18.1 Å². The van der Waals surface area contributed by atoms with Crippen molar-refractivity contribution in [3.8, 4) is 0 Å². The Kier molecular flexibility index (Phi) is 3.79. The lowest BCUT2D eigenvalue weighted by Gasteiger charge is -2.31. The third-order valence-corrected chi connectivity index (χ3v) is 3.99. The summed E-state index contributed by atoms with van der Waals surface area (Å²) >= 11 is 0. The number of aliphatic hydroxyl groups is 1. The fraction of sp³-hybridized carbons (Fsp3) is 0.467. The Morgan fingerprint density at radius 1 is 1.62 bits per heavy atom. The number of aromatic nitrogens is 2. The van der Waals surface area contributed by atoms with E-state index in [2.05, 4.69) is 10.2 Å². The van der Waals surface area contributed by atoms with Crippen molar-refractivity contribution in [1.82, 2.24) is 15.1 Å². The zero-order valence-corrected chi connectivity index (χ0v) is 12.0. The van der Waals surface area contributed by atoms with E-state index in [0.717, 1.165) is 30.6 Å². The Morgan fingerprint density at radius 3 is 3.14 bits per heavy atom. The van der Waals surface area contributed by atoms with Crippen molar-refractivity contribution in [3.63, 3.8) is 0 Å².